The lowest BCUT2D eigenvalue weighted by atomic mass is 9.82. The van der Waals surface area contributed by atoms with Gasteiger partial charge in [0.05, 0.1) is 26.4 Å². The van der Waals surface area contributed by atoms with Gasteiger partial charge in [-0.05, 0) is 36.2 Å². The molecule has 2 aliphatic rings. The number of aryl methyl sites for hydroxylation is 1. The topological polar surface area (TPSA) is 139 Å². The number of carboxylic acid groups (broad SMARTS) is 2. The number of alkyl halides is 6. The largest absolute Gasteiger partial charge is 0.490 e. The number of nitrogens with zero attached hydrogens (tertiary/aromatic N) is 3. The third-order valence-corrected chi connectivity index (χ3v) is 5.83. The van der Waals surface area contributed by atoms with E-state index in [4.69, 9.17) is 29.3 Å². The summed E-state index contributed by atoms with van der Waals surface area (Å²) in [6.07, 6.45) is -4.90. The lowest BCUT2D eigenvalue weighted by Crippen LogP contribution is -2.37. The van der Waals surface area contributed by atoms with E-state index in [0.29, 0.717) is 51.1 Å². The number of hydrogen-bond donors (Lipinski definition) is 2. The third kappa shape index (κ3) is 9.44. The monoisotopic (exact) mass is 581 g/mol. The first kappa shape index (κ1) is 32.4. The number of hydrogen-bond acceptors (Lipinski definition) is 7. The van der Waals surface area contributed by atoms with Gasteiger partial charge in [-0.3, -0.25) is 14.8 Å². The first-order valence-corrected chi connectivity index (χ1v) is 11.4. The van der Waals surface area contributed by atoms with Crippen molar-refractivity contribution >= 4 is 17.8 Å². The van der Waals surface area contributed by atoms with Crippen LogP contribution in [0.15, 0.2) is 42.9 Å². The molecular formula is C24H25F6N3O7. The molecule has 0 unspecified atom stereocenters. The van der Waals surface area contributed by atoms with Crippen LogP contribution in [0.4, 0.5) is 26.3 Å². The van der Waals surface area contributed by atoms with Crippen LogP contribution in [0.3, 0.4) is 0 Å². The molecule has 4 heterocycles. The highest BCUT2D eigenvalue weighted by molar-refractivity contribution is 5.92. The van der Waals surface area contributed by atoms with Crippen LogP contribution in [0.5, 0.6) is 0 Å². The maximum Gasteiger partial charge on any atom is 0.490 e. The van der Waals surface area contributed by atoms with Crippen molar-refractivity contribution in [3.63, 3.8) is 0 Å². The molecule has 2 aliphatic heterocycles. The molecule has 2 atom stereocenters. The first-order valence-electron chi connectivity index (χ1n) is 11.4. The number of carbonyl (C=O) groups is 3. The number of likely N-dealkylation sites (tertiary alicyclic amines) is 1. The molecule has 10 nitrogen and oxygen atoms in total. The highest BCUT2D eigenvalue weighted by Crippen LogP contribution is 2.42. The number of aromatic nitrogens is 2. The minimum Gasteiger partial charge on any atom is -0.475 e. The van der Waals surface area contributed by atoms with Gasteiger partial charge in [-0.25, -0.2) is 9.59 Å². The number of aliphatic carboxylic acids is 2. The summed E-state index contributed by atoms with van der Waals surface area (Å²) in [5.74, 6) is -5.21. The van der Waals surface area contributed by atoms with Crippen molar-refractivity contribution in [1.82, 2.24) is 14.9 Å². The number of amides is 1. The molecular weight excluding hydrogens is 556 g/mol. The predicted octanol–water partition coefficient (Wildman–Crippen LogP) is 3.36. The summed E-state index contributed by atoms with van der Waals surface area (Å²) in [7, 11) is 0. The summed E-state index contributed by atoms with van der Waals surface area (Å²) < 4.78 is 75.2. The number of carboxylic acids is 2. The van der Waals surface area contributed by atoms with E-state index in [1.165, 1.54) is 0 Å². The maximum absolute atomic E-state index is 12.8. The Morgan fingerprint density at radius 1 is 1.05 bits per heavy atom. The second-order valence-corrected chi connectivity index (χ2v) is 8.93. The van der Waals surface area contributed by atoms with Crippen LogP contribution in [0, 0.1) is 18.3 Å². The Labute approximate surface area is 223 Å². The zero-order valence-corrected chi connectivity index (χ0v) is 20.9. The number of pyridine rings is 2. The number of fused-ring (bicyclic) bond motifs is 1. The van der Waals surface area contributed by atoms with E-state index < -0.39 is 24.3 Å². The van der Waals surface area contributed by atoms with E-state index in [9.17, 15) is 31.1 Å². The van der Waals surface area contributed by atoms with Crippen LogP contribution < -0.4 is 0 Å². The fraction of sp³-hybridized carbons (Fsp3) is 0.458. The fourth-order valence-corrected chi connectivity index (χ4v) is 3.80. The van der Waals surface area contributed by atoms with Crippen molar-refractivity contribution in [3.05, 3.63) is 59.7 Å². The molecule has 1 amide bonds. The smallest absolute Gasteiger partial charge is 0.475 e. The Balaban J connectivity index is 0.000000333. The number of ether oxygens (including phenoxy) is 2. The van der Waals surface area contributed by atoms with Gasteiger partial charge in [0.1, 0.15) is 5.69 Å². The second-order valence-electron chi connectivity index (χ2n) is 8.93. The maximum atomic E-state index is 12.8. The van der Waals surface area contributed by atoms with E-state index in [1.54, 1.807) is 24.7 Å². The van der Waals surface area contributed by atoms with Gasteiger partial charge in [0.25, 0.3) is 5.91 Å². The normalized spacial score (nSPS) is 20.0. The minimum atomic E-state index is -5.08. The lowest BCUT2D eigenvalue weighted by Gasteiger charge is -2.26. The average Bonchev–Trinajstić information content (AvgIpc) is 3.42. The van der Waals surface area contributed by atoms with E-state index in [2.05, 4.69) is 9.97 Å². The highest BCUT2D eigenvalue weighted by atomic mass is 19.4. The second kappa shape index (κ2) is 13.5. The van der Waals surface area contributed by atoms with Crippen LogP contribution in [0.25, 0.3) is 0 Å². The van der Waals surface area contributed by atoms with Crippen molar-refractivity contribution in [2.75, 3.05) is 32.9 Å². The Kier molecular flexibility index (Phi) is 11.0. The molecule has 0 aliphatic carbocycles. The van der Waals surface area contributed by atoms with Gasteiger partial charge >= 0.3 is 24.3 Å². The summed E-state index contributed by atoms with van der Waals surface area (Å²) in [6.45, 7) is 5.78. The summed E-state index contributed by atoms with van der Waals surface area (Å²) in [6, 6.07) is 7.63. The molecule has 2 N–H and O–H groups in total. The van der Waals surface area contributed by atoms with E-state index >= 15 is 0 Å². The van der Waals surface area contributed by atoms with Gasteiger partial charge in [0.2, 0.25) is 0 Å². The molecule has 2 saturated heterocycles. The average molecular weight is 581 g/mol. The van der Waals surface area contributed by atoms with Crippen LogP contribution in [0.2, 0.25) is 0 Å². The molecule has 0 aromatic carbocycles. The van der Waals surface area contributed by atoms with Gasteiger partial charge < -0.3 is 24.6 Å². The first-order chi connectivity index (χ1) is 18.5. The Hall–Kier alpha value is -3.79. The lowest BCUT2D eigenvalue weighted by molar-refractivity contribution is -0.193. The molecule has 0 spiro atoms. The van der Waals surface area contributed by atoms with Gasteiger partial charge in [-0.2, -0.15) is 26.3 Å². The standard InChI is InChI=1S/C20H23N3O3.2C2HF3O2/c1-15-2-3-18(22-8-15)19(24)23-9-17-11-26-14-20(17,12-23)13-25-10-16-4-6-21-7-5-16;2*3-2(4,5)1(6)7/h2-8,17H,9-14H2,1H3;2*(H,6,7)/t17-,20-;;/m1../s1. The zero-order valence-electron chi connectivity index (χ0n) is 20.9. The van der Waals surface area contributed by atoms with Gasteiger partial charge in [0.15, 0.2) is 0 Å². The van der Waals surface area contributed by atoms with E-state index in [0.717, 1.165) is 11.1 Å². The van der Waals surface area contributed by atoms with Crippen molar-refractivity contribution < 1.29 is 60.4 Å². The highest BCUT2D eigenvalue weighted by Gasteiger charge is 2.52. The quantitative estimate of drug-likeness (QED) is 0.509. The molecule has 220 valence electrons. The Morgan fingerprint density at radius 2 is 1.62 bits per heavy atom. The number of halogens is 6. The Morgan fingerprint density at radius 3 is 2.12 bits per heavy atom. The summed E-state index contributed by atoms with van der Waals surface area (Å²) >= 11 is 0. The van der Waals surface area contributed by atoms with Crippen molar-refractivity contribution in [2.45, 2.75) is 25.9 Å². The summed E-state index contributed by atoms with van der Waals surface area (Å²) in [5, 5.41) is 14.2. The molecule has 16 heteroatoms. The fourth-order valence-electron chi connectivity index (χ4n) is 3.80. The minimum absolute atomic E-state index is 0.00657. The van der Waals surface area contributed by atoms with Crippen LogP contribution in [0.1, 0.15) is 21.6 Å². The summed E-state index contributed by atoms with van der Waals surface area (Å²) in [5.41, 5.74) is 2.54. The number of rotatable bonds is 5. The molecule has 2 aromatic rings. The van der Waals surface area contributed by atoms with Crippen molar-refractivity contribution in [3.8, 4) is 0 Å². The van der Waals surface area contributed by atoms with Crippen LogP contribution in [-0.2, 0) is 25.7 Å². The molecule has 2 fully saturated rings. The van der Waals surface area contributed by atoms with E-state index in [1.807, 2.05) is 30.0 Å². The van der Waals surface area contributed by atoms with Gasteiger partial charge in [-0.15, -0.1) is 0 Å². The molecule has 0 saturated carbocycles. The zero-order chi connectivity index (χ0) is 30.1. The van der Waals surface area contributed by atoms with Crippen LogP contribution >= 0.6 is 0 Å². The molecule has 2 aromatic heterocycles. The predicted molar refractivity (Wildman–Crippen MR) is 123 cm³/mol. The molecule has 0 radical (unpaired) electrons. The van der Waals surface area contributed by atoms with Crippen molar-refractivity contribution in [2.24, 2.45) is 11.3 Å². The van der Waals surface area contributed by atoms with Crippen molar-refractivity contribution in [1.29, 1.82) is 0 Å². The van der Waals surface area contributed by atoms with Gasteiger partial charge in [0, 0.05) is 43.0 Å². The van der Waals surface area contributed by atoms with Gasteiger partial charge in [-0.1, -0.05) is 6.07 Å². The van der Waals surface area contributed by atoms with E-state index in [-0.39, 0.29) is 11.3 Å². The molecule has 4 rings (SSSR count). The SMILES string of the molecule is Cc1ccc(C(=O)N2C[C@@H]3COC[C@]3(COCc3ccncc3)C2)nc1.O=C(O)C(F)(F)F.O=C(O)C(F)(F)F. The Bertz CT molecular complexity index is 1120. The summed E-state index contributed by atoms with van der Waals surface area (Å²) in [4.78, 5) is 40.8. The van der Waals surface area contributed by atoms with Crippen LogP contribution in [-0.4, -0.2) is 88.2 Å². The third-order valence-electron chi connectivity index (χ3n) is 5.83. The molecule has 0 bridgehead atoms. The number of carbonyl (C=O) groups excluding carboxylic acids is 1. The molecule has 40 heavy (non-hydrogen) atoms.